The van der Waals surface area contributed by atoms with Crippen molar-refractivity contribution < 1.29 is 9.59 Å². The molecule has 0 radical (unpaired) electrons. The predicted molar refractivity (Wildman–Crippen MR) is 93.0 cm³/mol. The first-order valence-electron chi connectivity index (χ1n) is 8.33. The second-order valence-corrected chi connectivity index (χ2v) is 7.62. The van der Waals surface area contributed by atoms with Crippen LogP contribution in [0.5, 0.6) is 0 Å². The van der Waals surface area contributed by atoms with Crippen LogP contribution in [0.4, 0.5) is 0 Å². The van der Waals surface area contributed by atoms with Gasteiger partial charge < -0.3 is 10.2 Å². The maximum atomic E-state index is 12.6. The lowest BCUT2D eigenvalue weighted by molar-refractivity contribution is -0.134. The van der Waals surface area contributed by atoms with Crippen LogP contribution in [0.15, 0.2) is 28.7 Å². The number of likely N-dealkylation sites (tertiary alicyclic amines) is 1. The molecule has 0 aromatic heterocycles. The number of halogens is 1. The number of carbonyl (C=O) groups is 2. The summed E-state index contributed by atoms with van der Waals surface area (Å²) in [6, 6.07) is 8.31. The summed E-state index contributed by atoms with van der Waals surface area (Å²) >= 11 is 3.45. The zero-order valence-electron chi connectivity index (χ0n) is 13.4. The Balaban J connectivity index is 1.47. The van der Waals surface area contributed by atoms with Gasteiger partial charge in [-0.15, -0.1) is 0 Å². The number of amides is 2. The van der Waals surface area contributed by atoms with E-state index in [1.165, 1.54) is 5.56 Å². The molecular weight excluding hydrogens is 356 g/mol. The van der Waals surface area contributed by atoms with E-state index in [9.17, 15) is 9.59 Å². The van der Waals surface area contributed by atoms with Crippen LogP contribution >= 0.6 is 15.9 Å². The number of hydrogen-bond acceptors (Lipinski definition) is 2. The van der Waals surface area contributed by atoms with Crippen molar-refractivity contribution in [1.29, 1.82) is 0 Å². The Labute approximate surface area is 145 Å². The van der Waals surface area contributed by atoms with Crippen molar-refractivity contribution >= 4 is 27.7 Å². The van der Waals surface area contributed by atoms with Gasteiger partial charge >= 0.3 is 0 Å². The molecule has 3 rings (SSSR count). The summed E-state index contributed by atoms with van der Waals surface area (Å²) in [5, 5.41) is 2.88. The van der Waals surface area contributed by atoms with Gasteiger partial charge in [-0.05, 0) is 48.8 Å². The molecule has 5 heteroatoms. The number of hydrogen-bond donors (Lipinski definition) is 1. The molecule has 23 heavy (non-hydrogen) atoms. The fourth-order valence-electron chi connectivity index (χ4n) is 3.43. The fourth-order valence-corrected chi connectivity index (χ4v) is 3.69. The van der Waals surface area contributed by atoms with Crippen molar-refractivity contribution in [1.82, 2.24) is 10.2 Å². The van der Waals surface area contributed by atoms with Gasteiger partial charge in [0.15, 0.2) is 0 Å². The zero-order valence-corrected chi connectivity index (χ0v) is 15.0. The van der Waals surface area contributed by atoms with Crippen molar-refractivity contribution in [3.05, 3.63) is 34.3 Å². The first kappa shape index (κ1) is 16.5. The summed E-state index contributed by atoms with van der Waals surface area (Å²) in [4.78, 5) is 25.6. The normalized spacial score (nSPS) is 24.3. The average Bonchev–Trinajstić information content (AvgIpc) is 3.34. The van der Waals surface area contributed by atoms with Crippen molar-refractivity contribution in [2.75, 3.05) is 19.6 Å². The second kappa shape index (κ2) is 7.04. The molecule has 124 valence electrons. The van der Waals surface area contributed by atoms with Gasteiger partial charge in [-0.25, -0.2) is 0 Å². The van der Waals surface area contributed by atoms with E-state index in [0.717, 1.165) is 43.4 Å². The van der Waals surface area contributed by atoms with E-state index in [0.29, 0.717) is 17.7 Å². The molecule has 4 nitrogen and oxygen atoms in total. The van der Waals surface area contributed by atoms with E-state index >= 15 is 0 Å². The molecule has 1 N–H and O–H groups in total. The van der Waals surface area contributed by atoms with Gasteiger partial charge in [0.1, 0.15) is 0 Å². The third-order valence-corrected chi connectivity index (χ3v) is 5.50. The van der Waals surface area contributed by atoms with Gasteiger partial charge in [0.2, 0.25) is 11.8 Å². The molecule has 1 saturated heterocycles. The summed E-state index contributed by atoms with van der Waals surface area (Å²) in [6.07, 6.45) is 2.95. The molecule has 2 aliphatic rings. The lowest BCUT2D eigenvalue weighted by Gasteiger charge is -2.32. The Kier molecular flexibility index (Phi) is 5.05. The SMILES string of the molecule is CC(=O)NCC1CCN(C(=O)[C@H]2C[C@H]2c2ccc(Br)cc2)CC1. The maximum Gasteiger partial charge on any atom is 0.226 e. The lowest BCUT2D eigenvalue weighted by Crippen LogP contribution is -2.42. The van der Waals surface area contributed by atoms with Crippen LogP contribution in [-0.4, -0.2) is 36.3 Å². The van der Waals surface area contributed by atoms with Crippen LogP contribution in [0.1, 0.15) is 37.7 Å². The number of benzene rings is 1. The number of rotatable bonds is 4. The first-order valence-corrected chi connectivity index (χ1v) is 9.12. The van der Waals surface area contributed by atoms with Crippen LogP contribution in [0.2, 0.25) is 0 Å². The molecular formula is C18H23BrN2O2. The van der Waals surface area contributed by atoms with Crippen LogP contribution < -0.4 is 5.32 Å². The quantitative estimate of drug-likeness (QED) is 0.875. The van der Waals surface area contributed by atoms with Gasteiger partial charge in [0.05, 0.1) is 0 Å². The van der Waals surface area contributed by atoms with Gasteiger partial charge in [0, 0.05) is 36.9 Å². The number of nitrogens with zero attached hydrogens (tertiary/aromatic N) is 1. The van der Waals surface area contributed by atoms with E-state index in [2.05, 4.69) is 33.4 Å². The number of piperidine rings is 1. The molecule has 1 aliphatic heterocycles. The fraction of sp³-hybridized carbons (Fsp3) is 0.556. The second-order valence-electron chi connectivity index (χ2n) is 6.71. The topological polar surface area (TPSA) is 49.4 Å². The third-order valence-electron chi connectivity index (χ3n) is 4.97. The highest BCUT2D eigenvalue weighted by atomic mass is 79.9. The lowest BCUT2D eigenvalue weighted by atomic mass is 9.96. The number of nitrogens with one attached hydrogen (secondary N) is 1. The molecule has 2 atom stereocenters. The summed E-state index contributed by atoms with van der Waals surface area (Å²) in [7, 11) is 0. The molecule has 1 saturated carbocycles. The smallest absolute Gasteiger partial charge is 0.226 e. The van der Waals surface area contributed by atoms with Gasteiger partial charge in [-0.1, -0.05) is 28.1 Å². The first-order chi connectivity index (χ1) is 11.0. The van der Waals surface area contributed by atoms with Crippen molar-refractivity contribution in [3.63, 3.8) is 0 Å². The molecule has 1 aromatic carbocycles. The van der Waals surface area contributed by atoms with Crippen molar-refractivity contribution in [3.8, 4) is 0 Å². The van der Waals surface area contributed by atoms with Crippen LogP contribution in [-0.2, 0) is 9.59 Å². The average molecular weight is 379 g/mol. The minimum absolute atomic E-state index is 0.0267. The van der Waals surface area contributed by atoms with Crippen LogP contribution in [0, 0.1) is 11.8 Å². The van der Waals surface area contributed by atoms with Gasteiger partial charge in [0.25, 0.3) is 0 Å². The molecule has 1 aromatic rings. The summed E-state index contributed by atoms with van der Waals surface area (Å²) in [6.45, 7) is 3.94. The third kappa shape index (κ3) is 4.14. The minimum Gasteiger partial charge on any atom is -0.356 e. The molecule has 2 amide bonds. The predicted octanol–water partition coefficient (Wildman–Crippen LogP) is 2.93. The van der Waals surface area contributed by atoms with E-state index in [1.54, 1.807) is 6.92 Å². The molecule has 1 heterocycles. The summed E-state index contributed by atoms with van der Waals surface area (Å²) < 4.78 is 1.08. The molecule has 0 bridgehead atoms. The minimum atomic E-state index is 0.0267. The van der Waals surface area contributed by atoms with E-state index in [4.69, 9.17) is 0 Å². The molecule has 0 spiro atoms. The Morgan fingerprint density at radius 2 is 1.87 bits per heavy atom. The van der Waals surface area contributed by atoms with Gasteiger partial charge in [-0.3, -0.25) is 9.59 Å². The van der Waals surface area contributed by atoms with Crippen LogP contribution in [0.25, 0.3) is 0 Å². The maximum absolute atomic E-state index is 12.6. The Hall–Kier alpha value is -1.36. The van der Waals surface area contributed by atoms with E-state index in [-0.39, 0.29) is 11.8 Å². The highest BCUT2D eigenvalue weighted by molar-refractivity contribution is 9.10. The van der Waals surface area contributed by atoms with E-state index in [1.807, 2.05) is 17.0 Å². The van der Waals surface area contributed by atoms with Crippen molar-refractivity contribution in [2.45, 2.75) is 32.1 Å². The summed E-state index contributed by atoms with van der Waals surface area (Å²) in [5.74, 6) is 1.41. The molecule has 2 fully saturated rings. The Morgan fingerprint density at radius 3 is 2.48 bits per heavy atom. The highest BCUT2D eigenvalue weighted by Gasteiger charge is 2.46. The highest BCUT2D eigenvalue weighted by Crippen LogP contribution is 2.48. The molecule has 1 aliphatic carbocycles. The monoisotopic (exact) mass is 378 g/mol. The summed E-state index contributed by atoms with van der Waals surface area (Å²) in [5.41, 5.74) is 1.27. The standard InChI is InChI=1S/C18H23BrN2O2/c1-12(22)20-11-13-6-8-21(9-7-13)18(23)17-10-16(17)14-2-4-15(19)5-3-14/h2-5,13,16-17H,6-11H2,1H3,(H,20,22)/t16-,17-/m0/s1. The van der Waals surface area contributed by atoms with Crippen LogP contribution in [0.3, 0.4) is 0 Å². The Bertz CT molecular complexity index is 579. The Morgan fingerprint density at radius 1 is 1.22 bits per heavy atom. The van der Waals surface area contributed by atoms with E-state index < -0.39 is 0 Å². The number of carbonyl (C=O) groups excluding carboxylic acids is 2. The largest absolute Gasteiger partial charge is 0.356 e. The van der Waals surface area contributed by atoms with Crippen molar-refractivity contribution in [2.24, 2.45) is 11.8 Å². The molecule has 0 unspecified atom stereocenters. The zero-order chi connectivity index (χ0) is 16.4. The van der Waals surface area contributed by atoms with Gasteiger partial charge in [-0.2, -0.15) is 0 Å².